The molecule has 2 aromatic rings. The Balaban J connectivity index is 2.85. The molecule has 0 bridgehead atoms. The van der Waals surface area contributed by atoms with Gasteiger partial charge in [-0.05, 0) is 18.2 Å². The molecule has 0 heterocycles. The Labute approximate surface area is 118 Å². The summed E-state index contributed by atoms with van der Waals surface area (Å²) in [6.45, 7) is 0. The minimum absolute atomic E-state index is 0.248. The Morgan fingerprint density at radius 2 is 1.24 bits per heavy atom. The lowest BCUT2D eigenvalue weighted by Crippen LogP contribution is -2.09. The van der Waals surface area contributed by atoms with E-state index in [1.807, 2.05) is 0 Å². The van der Waals surface area contributed by atoms with E-state index in [0.717, 1.165) is 18.2 Å². The summed E-state index contributed by atoms with van der Waals surface area (Å²) in [5, 5.41) is 22.0. The summed E-state index contributed by atoms with van der Waals surface area (Å²) in [6, 6.07) is 9.76. The first-order valence-electron chi connectivity index (χ1n) is 5.57. The fourth-order valence-electron chi connectivity index (χ4n) is 1.79. The summed E-state index contributed by atoms with van der Waals surface area (Å²) in [4.78, 5) is 18.9. The number of sulfone groups is 1. The van der Waals surface area contributed by atoms with E-state index in [1.165, 1.54) is 24.3 Å². The quantitative estimate of drug-likeness (QED) is 0.631. The molecule has 0 saturated heterocycles. The van der Waals surface area contributed by atoms with Crippen LogP contribution in [0.3, 0.4) is 0 Å². The second-order valence-corrected chi connectivity index (χ2v) is 5.84. The van der Waals surface area contributed by atoms with Crippen molar-refractivity contribution in [1.82, 2.24) is 0 Å². The molecule has 0 N–H and O–H groups in total. The van der Waals surface area contributed by atoms with E-state index in [9.17, 15) is 28.6 Å². The van der Waals surface area contributed by atoms with Gasteiger partial charge in [0.15, 0.2) is 0 Å². The van der Waals surface area contributed by atoms with Gasteiger partial charge < -0.3 is 0 Å². The van der Waals surface area contributed by atoms with Crippen LogP contribution in [0.2, 0.25) is 0 Å². The van der Waals surface area contributed by atoms with E-state index in [4.69, 9.17) is 0 Å². The molecule has 0 unspecified atom stereocenters. The Hall–Kier alpha value is -2.81. The van der Waals surface area contributed by atoms with Gasteiger partial charge in [0, 0.05) is 12.1 Å². The predicted molar refractivity (Wildman–Crippen MR) is 71.6 cm³/mol. The van der Waals surface area contributed by atoms with Crippen LogP contribution in [0.1, 0.15) is 0 Å². The minimum Gasteiger partial charge on any atom is -0.258 e. The summed E-state index contributed by atoms with van der Waals surface area (Å²) in [5.41, 5.74) is -1.65. The Kier molecular flexibility index (Phi) is 3.68. The molecule has 0 saturated carbocycles. The zero-order chi connectivity index (χ0) is 15.6. The molecular formula is C12H8N2O6S. The van der Waals surface area contributed by atoms with Crippen molar-refractivity contribution in [2.75, 3.05) is 0 Å². The van der Waals surface area contributed by atoms with Gasteiger partial charge in [0.05, 0.1) is 14.7 Å². The number of nitro benzene ring substituents is 2. The molecule has 2 rings (SSSR count). The molecule has 0 fully saturated rings. The normalized spacial score (nSPS) is 11.0. The molecule has 108 valence electrons. The molecular weight excluding hydrogens is 300 g/mol. The highest BCUT2D eigenvalue weighted by molar-refractivity contribution is 7.91. The van der Waals surface area contributed by atoms with Crippen LogP contribution in [0.25, 0.3) is 0 Å². The number of benzene rings is 2. The van der Waals surface area contributed by atoms with Crippen LogP contribution in [-0.2, 0) is 9.84 Å². The van der Waals surface area contributed by atoms with Crippen LogP contribution < -0.4 is 0 Å². The van der Waals surface area contributed by atoms with Crippen molar-refractivity contribution in [2.45, 2.75) is 9.79 Å². The van der Waals surface area contributed by atoms with Gasteiger partial charge in [-0.3, -0.25) is 20.2 Å². The molecule has 2 aromatic carbocycles. The molecule has 0 aliphatic rings. The molecule has 21 heavy (non-hydrogen) atoms. The van der Waals surface area contributed by atoms with E-state index in [1.54, 1.807) is 6.07 Å². The topological polar surface area (TPSA) is 120 Å². The molecule has 0 spiro atoms. The van der Waals surface area contributed by atoms with Crippen LogP contribution in [-0.4, -0.2) is 18.3 Å². The van der Waals surface area contributed by atoms with Crippen molar-refractivity contribution >= 4 is 21.2 Å². The van der Waals surface area contributed by atoms with Gasteiger partial charge in [0.1, 0.15) is 0 Å². The van der Waals surface area contributed by atoms with Gasteiger partial charge >= 0.3 is 0 Å². The summed E-state index contributed by atoms with van der Waals surface area (Å²) in [6.07, 6.45) is 0. The molecule has 9 heteroatoms. The highest BCUT2D eigenvalue weighted by Gasteiger charge is 2.36. The first-order chi connectivity index (χ1) is 9.85. The summed E-state index contributed by atoms with van der Waals surface area (Å²) in [5.74, 6) is 0. The van der Waals surface area contributed by atoms with Crippen molar-refractivity contribution < 1.29 is 18.3 Å². The molecule has 0 radical (unpaired) electrons. The van der Waals surface area contributed by atoms with Gasteiger partial charge in [0.25, 0.3) is 11.4 Å². The van der Waals surface area contributed by atoms with Gasteiger partial charge in [-0.2, -0.15) is 0 Å². The maximum absolute atomic E-state index is 12.5. The number of nitro groups is 2. The Morgan fingerprint density at radius 3 is 1.67 bits per heavy atom. The smallest absolute Gasteiger partial charge is 0.258 e. The third-order valence-corrected chi connectivity index (χ3v) is 4.54. The van der Waals surface area contributed by atoms with E-state index in [2.05, 4.69) is 0 Å². The molecule has 0 aliphatic heterocycles. The monoisotopic (exact) mass is 308 g/mol. The number of rotatable bonds is 4. The number of hydrogen-bond acceptors (Lipinski definition) is 6. The summed E-state index contributed by atoms with van der Waals surface area (Å²) < 4.78 is 25.0. The summed E-state index contributed by atoms with van der Waals surface area (Å²) in [7, 11) is -4.37. The van der Waals surface area contributed by atoms with Crippen molar-refractivity contribution in [2.24, 2.45) is 0 Å². The average molecular weight is 308 g/mol. The van der Waals surface area contributed by atoms with Crippen LogP contribution in [0, 0.1) is 20.2 Å². The first kappa shape index (κ1) is 14.6. The zero-order valence-electron chi connectivity index (χ0n) is 10.4. The lowest BCUT2D eigenvalue weighted by Gasteiger charge is -2.06. The fraction of sp³-hybridized carbons (Fsp3) is 0. The van der Waals surface area contributed by atoms with Crippen LogP contribution in [0.4, 0.5) is 11.4 Å². The Morgan fingerprint density at radius 1 is 0.762 bits per heavy atom. The number of hydrogen-bond donors (Lipinski definition) is 0. The van der Waals surface area contributed by atoms with Crippen LogP contribution in [0.5, 0.6) is 0 Å². The second kappa shape index (κ2) is 5.29. The van der Waals surface area contributed by atoms with E-state index in [-0.39, 0.29) is 4.90 Å². The molecule has 0 atom stereocenters. The Bertz CT molecular complexity index is 785. The van der Waals surface area contributed by atoms with Gasteiger partial charge in [-0.1, -0.05) is 18.2 Å². The predicted octanol–water partition coefficient (Wildman–Crippen LogP) is 2.34. The van der Waals surface area contributed by atoms with Crippen molar-refractivity contribution in [3.8, 4) is 0 Å². The summed E-state index contributed by atoms with van der Waals surface area (Å²) >= 11 is 0. The van der Waals surface area contributed by atoms with Crippen LogP contribution in [0.15, 0.2) is 58.3 Å². The lowest BCUT2D eigenvalue weighted by atomic mass is 10.3. The lowest BCUT2D eigenvalue weighted by molar-refractivity contribution is -0.399. The number of nitrogens with zero attached hydrogens (tertiary/aromatic N) is 2. The molecule has 0 amide bonds. The highest BCUT2D eigenvalue weighted by Crippen LogP contribution is 2.36. The maximum Gasteiger partial charge on any atom is 0.295 e. The van der Waals surface area contributed by atoms with Crippen LogP contribution >= 0.6 is 0 Å². The molecule has 0 aliphatic carbocycles. The van der Waals surface area contributed by atoms with Crippen molar-refractivity contribution in [3.05, 3.63) is 68.8 Å². The highest BCUT2D eigenvalue weighted by atomic mass is 32.2. The van der Waals surface area contributed by atoms with Gasteiger partial charge in [-0.15, -0.1) is 0 Å². The minimum atomic E-state index is -4.37. The zero-order valence-corrected chi connectivity index (χ0v) is 11.2. The fourth-order valence-corrected chi connectivity index (χ4v) is 3.38. The van der Waals surface area contributed by atoms with E-state index >= 15 is 0 Å². The standard InChI is InChI=1S/C12H8N2O6S/c15-13(16)10-7-4-8-11(14(17)18)12(10)21(19,20)9-5-2-1-3-6-9/h1-8H. The van der Waals surface area contributed by atoms with Gasteiger partial charge in [-0.25, -0.2) is 8.42 Å². The van der Waals surface area contributed by atoms with Gasteiger partial charge in [0.2, 0.25) is 14.7 Å². The third kappa shape index (κ3) is 2.58. The second-order valence-electron chi connectivity index (χ2n) is 3.96. The molecule has 8 nitrogen and oxygen atoms in total. The third-order valence-electron chi connectivity index (χ3n) is 2.69. The van der Waals surface area contributed by atoms with Crippen molar-refractivity contribution in [3.63, 3.8) is 0 Å². The SMILES string of the molecule is O=[N+]([O-])c1cccc([N+](=O)[O-])c1S(=O)(=O)c1ccccc1. The average Bonchev–Trinajstić information content (AvgIpc) is 2.47. The maximum atomic E-state index is 12.5. The van der Waals surface area contributed by atoms with E-state index in [0.29, 0.717) is 0 Å². The first-order valence-corrected chi connectivity index (χ1v) is 7.06. The molecule has 0 aromatic heterocycles. The largest absolute Gasteiger partial charge is 0.295 e. The van der Waals surface area contributed by atoms with E-state index < -0.39 is 36.0 Å². The van der Waals surface area contributed by atoms with Crippen molar-refractivity contribution in [1.29, 1.82) is 0 Å².